The van der Waals surface area contributed by atoms with Crippen LogP contribution in [0.25, 0.3) is 0 Å². The van der Waals surface area contributed by atoms with Gasteiger partial charge in [-0.3, -0.25) is 9.69 Å². The topological polar surface area (TPSA) is 49.8 Å². The summed E-state index contributed by atoms with van der Waals surface area (Å²) in [7, 11) is 0. The highest BCUT2D eigenvalue weighted by atomic mass is 19.4. The minimum atomic E-state index is -4.70. The summed E-state index contributed by atoms with van der Waals surface area (Å²) < 4.78 is 43.4. The number of ether oxygens (including phenoxy) is 1. The molecule has 3 unspecified atom stereocenters. The van der Waals surface area contributed by atoms with Gasteiger partial charge in [0.15, 0.2) is 5.92 Å². The van der Waals surface area contributed by atoms with E-state index in [-0.39, 0.29) is 12.1 Å². The molecule has 0 aromatic rings. The van der Waals surface area contributed by atoms with Crippen LogP contribution >= 0.6 is 0 Å². The van der Waals surface area contributed by atoms with Crippen LogP contribution in [-0.2, 0) is 9.53 Å². The number of carbonyl (C=O) groups is 1. The van der Waals surface area contributed by atoms with Crippen molar-refractivity contribution in [2.45, 2.75) is 37.6 Å². The van der Waals surface area contributed by atoms with Crippen molar-refractivity contribution >= 4 is 5.97 Å². The number of hydrogen-bond acceptors (Lipinski definition) is 3. The second-order valence-electron chi connectivity index (χ2n) is 4.83. The Kier molecular flexibility index (Phi) is 3.82. The van der Waals surface area contributed by atoms with Crippen LogP contribution in [0.1, 0.15) is 19.3 Å². The van der Waals surface area contributed by atoms with Crippen LogP contribution in [0.2, 0.25) is 0 Å². The SMILES string of the molecule is O=C(O)C(CN1CCOC2CCCC21)C(F)(F)F. The molecule has 0 aromatic heterocycles. The van der Waals surface area contributed by atoms with E-state index in [9.17, 15) is 18.0 Å². The van der Waals surface area contributed by atoms with Gasteiger partial charge in [0, 0.05) is 19.1 Å². The molecule has 0 amide bonds. The molecule has 0 spiro atoms. The number of carboxylic acid groups (broad SMARTS) is 1. The molecule has 2 fully saturated rings. The number of fused-ring (bicyclic) bond motifs is 1. The Balaban J connectivity index is 2.04. The molecular formula is C11H16F3NO3. The molecule has 1 aliphatic heterocycles. The number of rotatable bonds is 3. The minimum Gasteiger partial charge on any atom is -0.481 e. The molecule has 0 radical (unpaired) electrons. The maximum atomic E-state index is 12.6. The fourth-order valence-corrected chi connectivity index (χ4v) is 2.79. The van der Waals surface area contributed by atoms with Crippen LogP contribution in [0.4, 0.5) is 13.2 Å². The molecule has 1 saturated heterocycles. The quantitative estimate of drug-likeness (QED) is 0.842. The standard InChI is InChI=1S/C11H16F3NO3/c12-11(13,14)7(10(16)17)6-15-4-5-18-9-3-1-2-8(9)15/h7-9H,1-6H2,(H,16,17). The molecule has 1 N–H and O–H groups in total. The molecule has 0 bridgehead atoms. The molecule has 7 heteroatoms. The highest BCUT2D eigenvalue weighted by molar-refractivity contribution is 5.71. The third-order valence-electron chi connectivity index (χ3n) is 3.71. The molecule has 0 aromatic carbocycles. The van der Waals surface area contributed by atoms with Crippen molar-refractivity contribution in [1.82, 2.24) is 4.90 Å². The first-order chi connectivity index (χ1) is 8.39. The second kappa shape index (κ2) is 5.05. The average Bonchev–Trinajstić information content (AvgIpc) is 2.72. The Bertz CT molecular complexity index is 321. The monoisotopic (exact) mass is 267 g/mol. The summed E-state index contributed by atoms with van der Waals surface area (Å²) in [6, 6.07) is -0.0528. The van der Waals surface area contributed by atoms with Gasteiger partial charge in [-0.2, -0.15) is 13.2 Å². The average molecular weight is 267 g/mol. The van der Waals surface area contributed by atoms with Crippen LogP contribution in [0.3, 0.4) is 0 Å². The zero-order chi connectivity index (χ0) is 13.3. The predicted octanol–water partition coefficient (Wildman–Crippen LogP) is 1.50. The largest absolute Gasteiger partial charge is 0.481 e. The molecule has 3 atom stereocenters. The van der Waals surface area contributed by atoms with Crippen molar-refractivity contribution < 1.29 is 27.8 Å². The Hall–Kier alpha value is -0.820. The lowest BCUT2D eigenvalue weighted by molar-refractivity contribution is -0.200. The maximum Gasteiger partial charge on any atom is 0.403 e. The van der Waals surface area contributed by atoms with Gasteiger partial charge in [-0.05, 0) is 19.3 Å². The minimum absolute atomic E-state index is 0.0265. The lowest BCUT2D eigenvalue weighted by atomic mass is 10.1. The third-order valence-corrected chi connectivity index (χ3v) is 3.71. The fraction of sp³-hybridized carbons (Fsp3) is 0.909. The van der Waals surface area contributed by atoms with Gasteiger partial charge < -0.3 is 9.84 Å². The van der Waals surface area contributed by atoms with E-state index < -0.39 is 24.6 Å². The first-order valence-corrected chi connectivity index (χ1v) is 6.05. The molecular weight excluding hydrogens is 251 g/mol. The van der Waals surface area contributed by atoms with E-state index in [1.807, 2.05) is 0 Å². The van der Waals surface area contributed by atoms with Gasteiger partial charge in [0.2, 0.25) is 0 Å². The van der Waals surface area contributed by atoms with Crippen LogP contribution in [-0.4, -0.2) is 54.0 Å². The molecule has 1 aliphatic carbocycles. The van der Waals surface area contributed by atoms with Crippen molar-refractivity contribution in [3.05, 3.63) is 0 Å². The van der Waals surface area contributed by atoms with Gasteiger partial charge >= 0.3 is 12.1 Å². The van der Waals surface area contributed by atoms with E-state index in [1.54, 1.807) is 4.90 Å². The van der Waals surface area contributed by atoms with Crippen molar-refractivity contribution in [3.8, 4) is 0 Å². The van der Waals surface area contributed by atoms with E-state index in [1.165, 1.54) is 0 Å². The summed E-state index contributed by atoms with van der Waals surface area (Å²) in [5, 5.41) is 8.70. The smallest absolute Gasteiger partial charge is 0.403 e. The van der Waals surface area contributed by atoms with Crippen molar-refractivity contribution in [2.24, 2.45) is 5.92 Å². The van der Waals surface area contributed by atoms with E-state index in [4.69, 9.17) is 9.84 Å². The zero-order valence-electron chi connectivity index (χ0n) is 9.82. The van der Waals surface area contributed by atoms with Gasteiger partial charge in [-0.25, -0.2) is 0 Å². The van der Waals surface area contributed by atoms with E-state index in [2.05, 4.69) is 0 Å². The van der Waals surface area contributed by atoms with Gasteiger partial charge in [0.1, 0.15) is 0 Å². The molecule has 1 saturated carbocycles. The summed E-state index contributed by atoms with van der Waals surface area (Å²) in [6.07, 6.45) is -2.16. The van der Waals surface area contributed by atoms with Crippen molar-refractivity contribution in [2.75, 3.05) is 19.7 Å². The summed E-state index contributed by atoms with van der Waals surface area (Å²) in [4.78, 5) is 12.4. The summed E-state index contributed by atoms with van der Waals surface area (Å²) in [6.45, 7) is 0.287. The van der Waals surface area contributed by atoms with E-state index in [0.29, 0.717) is 13.2 Å². The van der Waals surface area contributed by atoms with Crippen LogP contribution in [0, 0.1) is 5.92 Å². The summed E-state index contributed by atoms with van der Waals surface area (Å²) in [5.41, 5.74) is 0. The lowest BCUT2D eigenvalue weighted by Gasteiger charge is -2.39. The molecule has 18 heavy (non-hydrogen) atoms. The molecule has 1 heterocycles. The predicted molar refractivity (Wildman–Crippen MR) is 56.1 cm³/mol. The molecule has 2 rings (SSSR count). The number of nitrogens with zero attached hydrogens (tertiary/aromatic N) is 1. The van der Waals surface area contributed by atoms with Gasteiger partial charge in [-0.15, -0.1) is 0 Å². The van der Waals surface area contributed by atoms with Gasteiger partial charge in [-0.1, -0.05) is 0 Å². The van der Waals surface area contributed by atoms with Crippen LogP contribution in [0.5, 0.6) is 0 Å². The maximum absolute atomic E-state index is 12.6. The highest BCUT2D eigenvalue weighted by Crippen LogP contribution is 2.33. The molecule has 2 aliphatic rings. The molecule has 104 valence electrons. The van der Waals surface area contributed by atoms with E-state index in [0.717, 1.165) is 19.3 Å². The first-order valence-electron chi connectivity index (χ1n) is 6.05. The molecule has 4 nitrogen and oxygen atoms in total. The van der Waals surface area contributed by atoms with Crippen LogP contribution < -0.4 is 0 Å². The first kappa shape index (κ1) is 13.6. The third kappa shape index (κ3) is 2.77. The fourth-order valence-electron chi connectivity index (χ4n) is 2.79. The van der Waals surface area contributed by atoms with Gasteiger partial charge in [0.25, 0.3) is 0 Å². The number of aliphatic carboxylic acids is 1. The van der Waals surface area contributed by atoms with E-state index >= 15 is 0 Å². The summed E-state index contributed by atoms with van der Waals surface area (Å²) >= 11 is 0. The number of carboxylic acids is 1. The number of hydrogen-bond donors (Lipinski definition) is 1. The Labute approximate surface area is 103 Å². The Morgan fingerprint density at radius 1 is 1.44 bits per heavy atom. The van der Waals surface area contributed by atoms with Gasteiger partial charge in [0.05, 0.1) is 12.7 Å². The highest BCUT2D eigenvalue weighted by Gasteiger charge is 2.48. The van der Waals surface area contributed by atoms with Crippen molar-refractivity contribution in [1.29, 1.82) is 0 Å². The summed E-state index contributed by atoms with van der Waals surface area (Å²) in [5.74, 6) is -4.11. The van der Waals surface area contributed by atoms with Crippen LogP contribution in [0.15, 0.2) is 0 Å². The zero-order valence-corrected chi connectivity index (χ0v) is 9.82. The number of alkyl halides is 3. The Morgan fingerprint density at radius 3 is 2.78 bits per heavy atom. The number of halogens is 3. The number of morpholine rings is 1. The lowest BCUT2D eigenvalue weighted by Crippen LogP contribution is -2.52. The Morgan fingerprint density at radius 2 is 2.17 bits per heavy atom. The second-order valence-corrected chi connectivity index (χ2v) is 4.83. The normalized spacial score (nSPS) is 31.1. The van der Waals surface area contributed by atoms with Crippen molar-refractivity contribution in [3.63, 3.8) is 0 Å².